The molecule has 3 heterocycles. The largest absolute Gasteiger partial charge is 0.477 e. The molecule has 172 valence electrons. The molecule has 9 nitrogen and oxygen atoms in total. The summed E-state index contributed by atoms with van der Waals surface area (Å²) in [5, 5.41) is 19.7. The molecule has 0 aromatic heterocycles. The lowest BCUT2D eigenvalue weighted by atomic mass is 9.79. The van der Waals surface area contributed by atoms with Crippen molar-refractivity contribution in [2.45, 2.75) is 57.6 Å². The topological polar surface area (TPSA) is 114 Å². The van der Waals surface area contributed by atoms with Gasteiger partial charge in [-0.25, -0.2) is 4.79 Å². The van der Waals surface area contributed by atoms with Gasteiger partial charge in [-0.3, -0.25) is 14.6 Å². The van der Waals surface area contributed by atoms with Gasteiger partial charge in [0.25, 0.3) is 0 Å². The number of nitrogens with zero attached hydrogens (tertiary/aromatic N) is 4. The summed E-state index contributed by atoms with van der Waals surface area (Å²) in [7, 11) is 3.73. The molecule has 0 aliphatic carbocycles. The summed E-state index contributed by atoms with van der Waals surface area (Å²) in [6.45, 7) is 8.56. The quantitative estimate of drug-likeness (QED) is 0.550. The van der Waals surface area contributed by atoms with Crippen molar-refractivity contribution in [3.05, 3.63) is 10.6 Å². The Labute approximate surface area is 187 Å². The SMILES string of the molecule is CCN(CC)C(=O)[C@@H]1CC(SC2=C(C(=O)O)N3C(=O)[C@H]([C@@H](C)O)[C@H]3[C@H]2C)C(N(C)C)=N1. The molecule has 2 N–H and O–H groups in total. The number of aliphatic hydroxyl groups is 1. The number of aliphatic carboxylic acids is 1. The van der Waals surface area contributed by atoms with Crippen LogP contribution in [0, 0.1) is 11.8 Å². The van der Waals surface area contributed by atoms with Crippen LogP contribution in [0.1, 0.15) is 34.1 Å². The van der Waals surface area contributed by atoms with Crippen LogP contribution in [0.3, 0.4) is 0 Å². The maximum atomic E-state index is 12.9. The molecule has 0 aromatic rings. The molecule has 0 saturated carbocycles. The Morgan fingerprint density at radius 3 is 2.39 bits per heavy atom. The second-order valence-electron chi connectivity index (χ2n) is 8.52. The first-order valence-electron chi connectivity index (χ1n) is 10.7. The van der Waals surface area contributed by atoms with Crippen LogP contribution in [0.4, 0.5) is 0 Å². The maximum Gasteiger partial charge on any atom is 0.353 e. The number of amides is 2. The minimum Gasteiger partial charge on any atom is -0.477 e. The van der Waals surface area contributed by atoms with E-state index in [-0.39, 0.29) is 34.7 Å². The molecule has 1 unspecified atom stereocenters. The van der Waals surface area contributed by atoms with Crippen molar-refractivity contribution in [3.8, 4) is 0 Å². The molecule has 0 bridgehead atoms. The number of aliphatic imine (C=N–C) groups is 1. The van der Waals surface area contributed by atoms with E-state index in [1.807, 2.05) is 39.8 Å². The molecule has 6 atom stereocenters. The van der Waals surface area contributed by atoms with Gasteiger partial charge in [-0.05, 0) is 27.2 Å². The van der Waals surface area contributed by atoms with E-state index >= 15 is 0 Å². The molecular weight excluding hydrogens is 420 g/mol. The highest BCUT2D eigenvalue weighted by atomic mass is 32.2. The predicted octanol–water partition coefficient (Wildman–Crippen LogP) is 0.843. The average Bonchev–Trinajstić information content (AvgIpc) is 3.21. The Morgan fingerprint density at radius 1 is 1.29 bits per heavy atom. The van der Waals surface area contributed by atoms with Gasteiger partial charge >= 0.3 is 5.97 Å². The van der Waals surface area contributed by atoms with Crippen LogP contribution in [0.15, 0.2) is 15.6 Å². The van der Waals surface area contributed by atoms with Crippen LogP contribution < -0.4 is 0 Å². The zero-order chi connectivity index (χ0) is 23.2. The molecular formula is C21H32N4O5S. The lowest BCUT2D eigenvalue weighted by Gasteiger charge is -2.46. The Hall–Kier alpha value is -2.07. The van der Waals surface area contributed by atoms with E-state index in [1.54, 1.807) is 11.8 Å². The highest BCUT2D eigenvalue weighted by Crippen LogP contribution is 2.52. The average molecular weight is 453 g/mol. The number of fused-ring (bicyclic) bond motifs is 1. The highest BCUT2D eigenvalue weighted by molar-refractivity contribution is 8.04. The van der Waals surface area contributed by atoms with Crippen molar-refractivity contribution in [1.82, 2.24) is 14.7 Å². The molecule has 1 saturated heterocycles. The Kier molecular flexibility index (Phi) is 6.71. The fourth-order valence-corrected chi connectivity index (χ4v) is 6.46. The molecule has 0 spiro atoms. The van der Waals surface area contributed by atoms with Crippen molar-refractivity contribution in [2.75, 3.05) is 27.2 Å². The second kappa shape index (κ2) is 8.82. The van der Waals surface area contributed by atoms with E-state index in [4.69, 9.17) is 0 Å². The molecule has 31 heavy (non-hydrogen) atoms. The summed E-state index contributed by atoms with van der Waals surface area (Å²) in [6, 6.07) is -0.848. The Morgan fingerprint density at radius 2 is 1.90 bits per heavy atom. The minimum atomic E-state index is -1.15. The van der Waals surface area contributed by atoms with Crippen molar-refractivity contribution in [1.29, 1.82) is 0 Å². The summed E-state index contributed by atoms with van der Waals surface area (Å²) in [5.74, 6) is -1.58. The Balaban J connectivity index is 1.88. The van der Waals surface area contributed by atoms with Crippen LogP contribution >= 0.6 is 11.8 Å². The van der Waals surface area contributed by atoms with Gasteiger partial charge in [0.15, 0.2) is 0 Å². The normalized spacial score (nSPS) is 30.7. The molecule has 3 aliphatic heterocycles. The number of carbonyl (C=O) groups is 3. The fourth-order valence-electron chi connectivity index (χ4n) is 4.84. The van der Waals surface area contributed by atoms with E-state index in [0.29, 0.717) is 24.4 Å². The number of hydrogen-bond acceptors (Lipinski definition) is 7. The van der Waals surface area contributed by atoms with Gasteiger partial charge in [0.1, 0.15) is 17.6 Å². The van der Waals surface area contributed by atoms with Crippen LogP contribution in [0.2, 0.25) is 0 Å². The van der Waals surface area contributed by atoms with Gasteiger partial charge in [-0.15, -0.1) is 11.8 Å². The summed E-state index contributed by atoms with van der Waals surface area (Å²) in [4.78, 5) is 47.7. The summed E-state index contributed by atoms with van der Waals surface area (Å²) >= 11 is 1.39. The number of hydrogen-bond donors (Lipinski definition) is 2. The van der Waals surface area contributed by atoms with E-state index in [1.165, 1.54) is 16.7 Å². The van der Waals surface area contributed by atoms with Gasteiger partial charge in [0.05, 0.1) is 23.3 Å². The summed E-state index contributed by atoms with van der Waals surface area (Å²) in [6.07, 6.45) is -0.355. The van der Waals surface area contributed by atoms with E-state index in [9.17, 15) is 24.6 Å². The van der Waals surface area contributed by atoms with Crippen molar-refractivity contribution in [3.63, 3.8) is 0 Å². The molecule has 0 radical (unpaired) electrons. The van der Waals surface area contributed by atoms with E-state index < -0.39 is 24.0 Å². The number of carboxylic acids is 1. The molecule has 10 heteroatoms. The van der Waals surface area contributed by atoms with Crippen molar-refractivity contribution < 1.29 is 24.6 Å². The molecule has 0 aromatic carbocycles. The number of carbonyl (C=O) groups excluding carboxylic acids is 2. The van der Waals surface area contributed by atoms with Crippen molar-refractivity contribution in [2.24, 2.45) is 16.8 Å². The van der Waals surface area contributed by atoms with Crippen LogP contribution in [0.25, 0.3) is 0 Å². The molecule has 3 rings (SSSR count). The van der Waals surface area contributed by atoms with Crippen LogP contribution in [-0.2, 0) is 14.4 Å². The number of thioether (sulfide) groups is 1. The zero-order valence-corrected chi connectivity index (χ0v) is 19.7. The number of β-lactam (4-membered cyclic amide) rings is 1. The lowest BCUT2D eigenvalue weighted by Crippen LogP contribution is -2.63. The van der Waals surface area contributed by atoms with E-state index in [2.05, 4.69) is 4.99 Å². The summed E-state index contributed by atoms with van der Waals surface area (Å²) in [5.41, 5.74) is 0.000950. The standard InChI is InChI=1S/C21H32N4O5S/c1-7-24(8-2)19(27)12-9-13(18(22-12)23(5)6)31-17-10(3)15-14(11(4)26)20(28)25(15)16(17)21(29)30/h10-15,26H,7-9H2,1-6H3,(H,29,30)/t10-,11-,12+,13?,14-,15-/m1/s1. The number of likely N-dealkylation sites (N-methyl/N-ethyl adjacent to an activating group) is 1. The number of rotatable bonds is 7. The van der Waals surface area contributed by atoms with Gasteiger partial charge in [0.2, 0.25) is 11.8 Å². The first kappa shape index (κ1) is 23.6. The monoisotopic (exact) mass is 452 g/mol. The first-order valence-corrected chi connectivity index (χ1v) is 11.6. The molecule has 3 aliphatic rings. The number of amidine groups is 1. The minimum absolute atomic E-state index is 0.000950. The van der Waals surface area contributed by atoms with Gasteiger partial charge in [-0.2, -0.15) is 0 Å². The smallest absolute Gasteiger partial charge is 0.353 e. The summed E-state index contributed by atoms with van der Waals surface area (Å²) < 4.78 is 0. The fraction of sp³-hybridized carbons (Fsp3) is 0.714. The molecule has 2 amide bonds. The van der Waals surface area contributed by atoms with Crippen LogP contribution in [0.5, 0.6) is 0 Å². The zero-order valence-electron chi connectivity index (χ0n) is 18.9. The predicted molar refractivity (Wildman–Crippen MR) is 118 cm³/mol. The third-order valence-corrected chi connectivity index (χ3v) is 7.92. The highest BCUT2D eigenvalue weighted by Gasteiger charge is 2.60. The second-order valence-corrected chi connectivity index (χ2v) is 9.77. The first-order chi connectivity index (χ1) is 14.5. The number of aliphatic hydroxyl groups excluding tert-OH is 1. The number of carboxylic acid groups (broad SMARTS) is 1. The van der Waals surface area contributed by atoms with Crippen LogP contribution in [-0.4, -0.2) is 99.2 Å². The molecule has 1 fully saturated rings. The lowest BCUT2D eigenvalue weighted by molar-refractivity contribution is -0.163. The Bertz CT molecular complexity index is 836. The van der Waals surface area contributed by atoms with Crippen molar-refractivity contribution >= 4 is 35.4 Å². The van der Waals surface area contributed by atoms with Gasteiger partial charge < -0.3 is 24.9 Å². The van der Waals surface area contributed by atoms with E-state index in [0.717, 1.165) is 5.84 Å². The third kappa shape index (κ3) is 3.84. The van der Waals surface area contributed by atoms with Gasteiger partial charge in [-0.1, -0.05) is 6.92 Å². The van der Waals surface area contributed by atoms with Gasteiger partial charge in [0, 0.05) is 38.0 Å². The third-order valence-electron chi connectivity index (χ3n) is 6.41. The maximum absolute atomic E-state index is 12.9.